The zero-order chi connectivity index (χ0) is 11.5. The fourth-order valence-corrected chi connectivity index (χ4v) is 2.39. The molecule has 0 aromatic carbocycles. The highest BCUT2D eigenvalue weighted by Gasteiger charge is 2.26. The summed E-state index contributed by atoms with van der Waals surface area (Å²) in [5.74, 6) is 0.293. The summed E-state index contributed by atoms with van der Waals surface area (Å²) >= 11 is 0. The second kappa shape index (κ2) is 4.78. The number of piperidine rings is 1. The molecule has 2 heterocycles. The van der Waals surface area contributed by atoms with Gasteiger partial charge in [-0.25, -0.2) is 4.98 Å². The lowest BCUT2D eigenvalue weighted by Crippen LogP contribution is -2.43. The first-order valence-electron chi connectivity index (χ1n) is 5.88. The summed E-state index contributed by atoms with van der Waals surface area (Å²) in [6, 6.07) is 0.114. The predicted octanol–water partition coefficient (Wildman–Crippen LogP) is 1.36. The molecule has 1 atom stereocenters. The lowest BCUT2D eigenvalue weighted by Gasteiger charge is -2.33. The molecule has 1 fully saturated rings. The molecule has 0 aliphatic carbocycles. The van der Waals surface area contributed by atoms with Crippen molar-refractivity contribution in [1.82, 2.24) is 14.5 Å². The molecule has 1 saturated heterocycles. The monoisotopic (exact) mass is 221 g/mol. The summed E-state index contributed by atoms with van der Waals surface area (Å²) < 4.78 is 2.02. The molecular weight excluding hydrogens is 202 g/mol. The standard InChI is InChI=1S/C12H19N3O/c1-10(16)12-5-3-4-6-15(12)8-11-7-13-9-14(11)2/h7,9,12H,3-6,8H2,1-2H3. The van der Waals surface area contributed by atoms with Gasteiger partial charge in [0, 0.05) is 19.8 Å². The lowest BCUT2D eigenvalue weighted by molar-refractivity contribution is -0.123. The molecule has 1 aromatic heterocycles. The van der Waals surface area contributed by atoms with Crippen LogP contribution in [0.25, 0.3) is 0 Å². The van der Waals surface area contributed by atoms with Crippen molar-refractivity contribution in [3.8, 4) is 0 Å². The van der Waals surface area contributed by atoms with Gasteiger partial charge >= 0.3 is 0 Å². The molecule has 1 unspecified atom stereocenters. The minimum atomic E-state index is 0.114. The molecule has 0 amide bonds. The SMILES string of the molecule is CC(=O)C1CCCCN1Cc1cncn1C. The average molecular weight is 221 g/mol. The van der Waals surface area contributed by atoms with E-state index in [1.54, 1.807) is 6.92 Å². The number of hydrogen-bond donors (Lipinski definition) is 0. The zero-order valence-electron chi connectivity index (χ0n) is 10.0. The smallest absolute Gasteiger partial charge is 0.146 e. The predicted molar refractivity (Wildman–Crippen MR) is 61.9 cm³/mol. The molecule has 1 aliphatic rings. The molecule has 0 spiro atoms. The van der Waals surface area contributed by atoms with Gasteiger partial charge in [-0.1, -0.05) is 6.42 Å². The second-order valence-corrected chi connectivity index (χ2v) is 4.59. The third kappa shape index (κ3) is 2.32. The number of carbonyl (C=O) groups is 1. The molecule has 2 rings (SSSR count). The van der Waals surface area contributed by atoms with Crippen molar-refractivity contribution >= 4 is 5.78 Å². The van der Waals surface area contributed by atoms with Gasteiger partial charge in [-0.05, 0) is 26.3 Å². The van der Waals surface area contributed by atoms with Crippen LogP contribution < -0.4 is 0 Å². The maximum atomic E-state index is 11.6. The Kier molecular flexibility index (Phi) is 3.39. The number of rotatable bonds is 3. The number of nitrogens with zero attached hydrogens (tertiary/aromatic N) is 3. The first kappa shape index (κ1) is 11.3. The van der Waals surface area contributed by atoms with Gasteiger partial charge in [-0.2, -0.15) is 0 Å². The highest BCUT2D eigenvalue weighted by atomic mass is 16.1. The maximum Gasteiger partial charge on any atom is 0.146 e. The van der Waals surface area contributed by atoms with Gasteiger partial charge in [0.2, 0.25) is 0 Å². The van der Waals surface area contributed by atoms with Crippen molar-refractivity contribution in [2.45, 2.75) is 38.8 Å². The van der Waals surface area contributed by atoms with E-state index in [1.165, 1.54) is 18.5 Å². The Hall–Kier alpha value is -1.16. The molecule has 0 radical (unpaired) electrons. The van der Waals surface area contributed by atoms with E-state index < -0.39 is 0 Å². The van der Waals surface area contributed by atoms with Crippen molar-refractivity contribution in [3.63, 3.8) is 0 Å². The summed E-state index contributed by atoms with van der Waals surface area (Å²) in [4.78, 5) is 17.9. The van der Waals surface area contributed by atoms with Crippen molar-refractivity contribution in [3.05, 3.63) is 18.2 Å². The van der Waals surface area contributed by atoms with Gasteiger partial charge in [-0.15, -0.1) is 0 Å². The first-order valence-corrected chi connectivity index (χ1v) is 5.88. The minimum Gasteiger partial charge on any atom is -0.337 e. The van der Waals surface area contributed by atoms with Gasteiger partial charge in [0.15, 0.2) is 0 Å². The minimum absolute atomic E-state index is 0.114. The topological polar surface area (TPSA) is 38.1 Å². The zero-order valence-corrected chi connectivity index (χ0v) is 10.0. The fraction of sp³-hybridized carbons (Fsp3) is 0.667. The van der Waals surface area contributed by atoms with Gasteiger partial charge in [-0.3, -0.25) is 9.69 Å². The molecule has 0 saturated carbocycles. The highest BCUT2D eigenvalue weighted by molar-refractivity contribution is 5.81. The van der Waals surface area contributed by atoms with E-state index >= 15 is 0 Å². The first-order chi connectivity index (χ1) is 7.68. The molecule has 0 bridgehead atoms. The van der Waals surface area contributed by atoms with E-state index in [0.29, 0.717) is 5.78 Å². The van der Waals surface area contributed by atoms with Gasteiger partial charge in [0.25, 0.3) is 0 Å². The van der Waals surface area contributed by atoms with Crippen LogP contribution in [0.1, 0.15) is 31.9 Å². The van der Waals surface area contributed by atoms with Crippen LogP contribution in [-0.4, -0.2) is 32.8 Å². The van der Waals surface area contributed by atoms with Crippen LogP contribution in [0, 0.1) is 0 Å². The molecule has 1 aliphatic heterocycles. The summed E-state index contributed by atoms with van der Waals surface area (Å²) in [5.41, 5.74) is 1.17. The number of carbonyl (C=O) groups excluding carboxylic acids is 1. The number of aryl methyl sites for hydroxylation is 1. The summed E-state index contributed by atoms with van der Waals surface area (Å²) in [6.07, 6.45) is 7.06. The summed E-state index contributed by atoms with van der Waals surface area (Å²) in [6.45, 7) is 3.56. The number of aromatic nitrogens is 2. The van der Waals surface area contributed by atoms with Crippen molar-refractivity contribution in [2.75, 3.05) is 6.54 Å². The highest BCUT2D eigenvalue weighted by Crippen LogP contribution is 2.19. The Morgan fingerprint density at radius 3 is 3.00 bits per heavy atom. The van der Waals surface area contributed by atoms with E-state index in [-0.39, 0.29) is 6.04 Å². The Morgan fingerprint density at radius 2 is 2.38 bits per heavy atom. The molecule has 4 nitrogen and oxygen atoms in total. The second-order valence-electron chi connectivity index (χ2n) is 4.59. The normalized spacial score (nSPS) is 22.2. The number of Topliss-reactive ketones (excluding diaryl/α,β-unsaturated/α-hetero) is 1. The molecular formula is C12H19N3O. The van der Waals surface area contributed by atoms with Crippen LogP contribution in [0.4, 0.5) is 0 Å². The Labute approximate surface area is 96.3 Å². The van der Waals surface area contributed by atoms with Gasteiger partial charge in [0.1, 0.15) is 5.78 Å². The van der Waals surface area contributed by atoms with Crippen LogP contribution in [0.3, 0.4) is 0 Å². The third-order valence-corrected chi connectivity index (χ3v) is 3.36. The maximum absolute atomic E-state index is 11.6. The molecule has 0 N–H and O–H groups in total. The van der Waals surface area contributed by atoms with E-state index in [0.717, 1.165) is 19.5 Å². The number of hydrogen-bond acceptors (Lipinski definition) is 3. The third-order valence-electron chi connectivity index (χ3n) is 3.36. The Bertz CT molecular complexity index is 372. The largest absolute Gasteiger partial charge is 0.337 e. The lowest BCUT2D eigenvalue weighted by atomic mass is 9.99. The van der Waals surface area contributed by atoms with Gasteiger partial charge in [0.05, 0.1) is 18.1 Å². The van der Waals surface area contributed by atoms with Crippen LogP contribution in [0.15, 0.2) is 12.5 Å². The Morgan fingerprint density at radius 1 is 1.56 bits per heavy atom. The fourth-order valence-electron chi connectivity index (χ4n) is 2.39. The number of imidazole rings is 1. The van der Waals surface area contributed by atoms with E-state index in [4.69, 9.17) is 0 Å². The average Bonchev–Trinajstić information content (AvgIpc) is 2.65. The van der Waals surface area contributed by atoms with E-state index in [1.807, 2.05) is 24.1 Å². The molecule has 88 valence electrons. The van der Waals surface area contributed by atoms with Crippen molar-refractivity contribution < 1.29 is 4.79 Å². The Balaban J connectivity index is 2.07. The van der Waals surface area contributed by atoms with Crippen molar-refractivity contribution in [2.24, 2.45) is 7.05 Å². The summed E-state index contributed by atoms with van der Waals surface area (Å²) in [7, 11) is 2.00. The van der Waals surface area contributed by atoms with Crippen LogP contribution in [0.5, 0.6) is 0 Å². The summed E-state index contributed by atoms with van der Waals surface area (Å²) in [5, 5.41) is 0. The number of likely N-dealkylation sites (tertiary alicyclic amines) is 1. The van der Waals surface area contributed by atoms with Crippen LogP contribution in [-0.2, 0) is 18.4 Å². The molecule has 16 heavy (non-hydrogen) atoms. The van der Waals surface area contributed by atoms with Gasteiger partial charge < -0.3 is 4.57 Å². The number of ketones is 1. The quantitative estimate of drug-likeness (QED) is 0.773. The van der Waals surface area contributed by atoms with Crippen molar-refractivity contribution in [1.29, 1.82) is 0 Å². The van der Waals surface area contributed by atoms with Crippen LogP contribution in [0.2, 0.25) is 0 Å². The molecule has 4 heteroatoms. The van der Waals surface area contributed by atoms with E-state index in [9.17, 15) is 4.79 Å². The molecule has 1 aromatic rings. The van der Waals surface area contributed by atoms with Crippen LogP contribution >= 0.6 is 0 Å². The van der Waals surface area contributed by atoms with E-state index in [2.05, 4.69) is 9.88 Å².